The lowest BCUT2D eigenvalue weighted by Crippen LogP contribution is -2.41. The van der Waals surface area contributed by atoms with Crippen LogP contribution in [-0.2, 0) is 19.1 Å². The highest BCUT2D eigenvalue weighted by atomic mass is 16.6. The van der Waals surface area contributed by atoms with Gasteiger partial charge < -0.3 is 19.7 Å². The standard InChI is InChI=1S/C26H50O6/c1-3-5-7-9-11-13-15-17-19-21-31-25(29)23(27)24(28)26(30)32-22-20-18-16-14-12-10-8-6-4-2/h23-24,27-28H,3-22H2,1-2H3/t23-,24-/m1/s1. The summed E-state index contributed by atoms with van der Waals surface area (Å²) < 4.78 is 9.97. The molecule has 0 saturated carbocycles. The van der Waals surface area contributed by atoms with Crippen molar-refractivity contribution in [2.24, 2.45) is 0 Å². The molecule has 2 atom stereocenters. The predicted molar refractivity (Wildman–Crippen MR) is 128 cm³/mol. The van der Waals surface area contributed by atoms with Gasteiger partial charge in [0.25, 0.3) is 0 Å². The second kappa shape index (κ2) is 23.0. The molecule has 0 aromatic rings. The van der Waals surface area contributed by atoms with E-state index in [4.69, 9.17) is 9.47 Å². The van der Waals surface area contributed by atoms with Crippen LogP contribution in [0, 0.1) is 0 Å². The Morgan fingerprint density at radius 2 is 0.750 bits per heavy atom. The summed E-state index contributed by atoms with van der Waals surface area (Å²) in [6.07, 6.45) is 16.9. The molecule has 0 bridgehead atoms. The van der Waals surface area contributed by atoms with Crippen molar-refractivity contribution in [3.05, 3.63) is 0 Å². The minimum absolute atomic E-state index is 0.186. The largest absolute Gasteiger partial charge is 0.464 e. The Labute approximate surface area is 196 Å². The van der Waals surface area contributed by atoms with Crippen molar-refractivity contribution in [3.8, 4) is 0 Å². The molecular formula is C26H50O6. The lowest BCUT2D eigenvalue weighted by atomic mass is 10.1. The lowest BCUT2D eigenvalue weighted by Gasteiger charge is -2.16. The van der Waals surface area contributed by atoms with E-state index in [1.807, 2.05) is 0 Å². The van der Waals surface area contributed by atoms with Gasteiger partial charge in [-0.25, -0.2) is 9.59 Å². The van der Waals surface area contributed by atoms with Gasteiger partial charge in [-0.1, -0.05) is 117 Å². The zero-order valence-corrected chi connectivity index (χ0v) is 20.8. The van der Waals surface area contributed by atoms with Crippen LogP contribution >= 0.6 is 0 Å². The number of hydrogen-bond acceptors (Lipinski definition) is 6. The number of ether oxygens (including phenoxy) is 2. The van der Waals surface area contributed by atoms with Gasteiger partial charge in [-0.2, -0.15) is 0 Å². The Kier molecular flexibility index (Phi) is 22.2. The normalized spacial score (nSPS) is 13.0. The minimum Gasteiger partial charge on any atom is -0.464 e. The van der Waals surface area contributed by atoms with Gasteiger partial charge in [0.15, 0.2) is 12.2 Å². The molecule has 0 radical (unpaired) electrons. The van der Waals surface area contributed by atoms with Crippen LogP contribution in [0.5, 0.6) is 0 Å². The Hall–Kier alpha value is -1.14. The fourth-order valence-electron chi connectivity index (χ4n) is 3.60. The van der Waals surface area contributed by atoms with Crippen LogP contribution in [0.3, 0.4) is 0 Å². The van der Waals surface area contributed by atoms with E-state index in [1.165, 1.54) is 77.0 Å². The van der Waals surface area contributed by atoms with Gasteiger partial charge in [0.1, 0.15) is 0 Å². The molecule has 190 valence electrons. The van der Waals surface area contributed by atoms with Crippen molar-refractivity contribution in [3.63, 3.8) is 0 Å². The van der Waals surface area contributed by atoms with Crippen LogP contribution in [0.4, 0.5) is 0 Å². The summed E-state index contributed by atoms with van der Waals surface area (Å²) in [4.78, 5) is 23.7. The third kappa shape index (κ3) is 18.4. The summed E-state index contributed by atoms with van der Waals surface area (Å²) in [5.41, 5.74) is 0. The maximum Gasteiger partial charge on any atom is 0.338 e. The molecular weight excluding hydrogens is 408 g/mol. The summed E-state index contributed by atoms with van der Waals surface area (Å²) in [6.45, 7) is 4.79. The lowest BCUT2D eigenvalue weighted by molar-refractivity contribution is -0.173. The Morgan fingerprint density at radius 1 is 0.500 bits per heavy atom. The third-order valence-electron chi connectivity index (χ3n) is 5.77. The first kappa shape index (κ1) is 30.9. The molecule has 0 aliphatic carbocycles. The molecule has 0 saturated heterocycles. The SMILES string of the molecule is CCCCCCCCCCCOC(=O)[C@H](O)[C@@H](O)C(=O)OCCCCCCCCCCC. The van der Waals surface area contributed by atoms with Crippen molar-refractivity contribution in [1.82, 2.24) is 0 Å². The van der Waals surface area contributed by atoms with E-state index in [9.17, 15) is 19.8 Å². The maximum atomic E-state index is 11.8. The monoisotopic (exact) mass is 458 g/mol. The first-order valence-electron chi connectivity index (χ1n) is 13.2. The summed E-state index contributed by atoms with van der Waals surface area (Å²) in [7, 11) is 0. The van der Waals surface area contributed by atoms with Crippen LogP contribution in [0.2, 0.25) is 0 Å². The molecule has 0 spiro atoms. The molecule has 6 nitrogen and oxygen atoms in total. The van der Waals surface area contributed by atoms with Crippen molar-refractivity contribution in [2.75, 3.05) is 13.2 Å². The number of aliphatic hydroxyl groups is 2. The molecule has 6 heteroatoms. The van der Waals surface area contributed by atoms with Crippen LogP contribution in [0.1, 0.15) is 129 Å². The van der Waals surface area contributed by atoms with Crippen molar-refractivity contribution < 1.29 is 29.3 Å². The van der Waals surface area contributed by atoms with Crippen LogP contribution in [0.15, 0.2) is 0 Å². The van der Waals surface area contributed by atoms with Gasteiger partial charge in [0.05, 0.1) is 13.2 Å². The average molecular weight is 459 g/mol. The molecule has 0 heterocycles. The maximum absolute atomic E-state index is 11.8. The molecule has 0 aliphatic heterocycles. The number of carbonyl (C=O) groups excluding carboxylic acids is 2. The molecule has 0 aromatic carbocycles. The zero-order chi connectivity index (χ0) is 23.9. The summed E-state index contributed by atoms with van der Waals surface area (Å²) in [5.74, 6) is -1.95. The predicted octanol–water partition coefficient (Wildman–Crippen LogP) is 5.86. The van der Waals surface area contributed by atoms with Crippen LogP contribution in [-0.4, -0.2) is 47.6 Å². The molecule has 0 aliphatic rings. The fourth-order valence-corrected chi connectivity index (χ4v) is 3.60. The summed E-state index contributed by atoms with van der Waals surface area (Å²) in [5, 5.41) is 19.7. The van der Waals surface area contributed by atoms with E-state index in [-0.39, 0.29) is 13.2 Å². The molecule has 0 fully saturated rings. The van der Waals surface area contributed by atoms with Crippen LogP contribution in [0.25, 0.3) is 0 Å². The van der Waals surface area contributed by atoms with Gasteiger partial charge in [-0.3, -0.25) is 0 Å². The first-order chi connectivity index (χ1) is 15.5. The van der Waals surface area contributed by atoms with Crippen molar-refractivity contribution in [2.45, 2.75) is 142 Å². The van der Waals surface area contributed by atoms with Gasteiger partial charge in [0.2, 0.25) is 0 Å². The van der Waals surface area contributed by atoms with Gasteiger partial charge >= 0.3 is 11.9 Å². The van der Waals surface area contributed by atoms with Gasteiger partial charge in [-0.05, 0) is 12.8 Å². The molecule has 0 unspecified atom stereocenters. The van der Waals surface area contributed by atoms with Crippen LogP contribution < -0.4 is 0 Å². The molecule has 2 N–H and O–H groups in total. The first-order valence-corrected chi connectivity index (χ1v) is 13.2. The second-order valence-corrected chi connectivity index (χ2v) is 8.88. The number of rotatable bonds is 23. The average Bonchev–Trinajstić information content (AvgIpc) is 2.80. The number of aliphatic hydroxyl groups excluding tert-OH is 2. The fraction of sp³-hybridized carbons (Fsp3) is 0.923. The zero-order valence-electron chi connectivity index (χ0n) is 20.8. The second-order valence-electron chi connectivity index (χ2n) is 8.88. The Morgan fingerprint density at radius 3 is 1.03 bits per heavy atom. The van der Waals surface area contributed by atoms with Crippen molar-refractivity contribution >= 4 is 11.9 Å². The molecule has 32 heavy (non-hydrogen) atoms. The Bertz CT molecular complexity index is 400. The number of unbranched alkanes of at least 4 members (excludes halogenated alkanes) is 16. The van der Waals surface area contributed by atoms with E-state index in [0.29, 0.717) is 12.8 Å². The summed E-state index contributed by atoms with van der Waals surface area (Å²) >= 11 is 0. The van der Waals surface area contributed by atoms with E-state index in [2.05, 4.69) is 13.8 Å². The van der Waals surface area contributed by atoms with Gasteiger partial charge in [-0.15, -0.1) is 0 Å². The van der Waals surface area contributed by atoms with Gasteiger partial charge in [0, 0.05) is 0 Å². The van der Waals surface area contributed by atoms with E-state index in [1.54, 1.807) is 0 Å². The van der Waals surface area contributed by atoms with E-state index in [0.717, 1.165) is 25.7 Å². The molecule has 0 aromatic heterocycles. The third-order valence-corrected chi connectivity index (χ3v) is 5.77. The van der Waals surface area contributed by atoms with E-state index < -0.39 is 24.1 Å². The topological polar surface area (TPSA) is 93.1 Å². The highest BCUT2D eigenvalue weighted by Crippen LogP contribution is 2.11. The highest BCUT2D eigenvalue weighted by molar-refractivity contribution is 5.85. The summed E-state index contributed by atoms with van der Waals surface area (Å²) in [6, 6.07) is 0. The highest BCUT2D eigenvalue weighted by Gasteiger charge is 2.32. The minimum atomic E-state index is -1.90. The Balaban J connectivity index is 3.66. The smallest absolute Gasteiger partial charge is 0.338 e. The molecule has 0 amide bonds. The number of carbonyl (C=O) groups is 2. The van der Waals surface area contributed by atoms with Crippen molar-refractivity contribution in [1.29, 1.82) is 0 Å². The van der Waals surface area contributed by atoms with E-state index >= 15 is 0 Å². The quantitative estimate of drug-likeness (QED) is 0.147. The molecule has 0 rings (SSSR count). The number of hydrogen-bond donors (Lipinski definition) is 2. The number of esters is 2.